The predicted octanol–water partition coefficient (Wildman–Crippen LogP) is 6.91. The molecule has 2 N–H and O–H groups in total. The van der Waals surface area contributed by atoms with Gasteiger partial charge in [-0.05, 0) is 85.3 Å². The van der Waals surface area contributed by atoms with Crippen LogP contribution < -0.4 is 15.4 Å². The number of carbonyl (C=O) groups is 2. The third kappa shape index (κ3) is 6.39. The Hall–Kier alpha value is -3.31. The van der Waals surface area contributed by atoms with Gasteiger partial charge in [-0.15, -0.1) is 0 Å². The molecule has 3 aromatic rings. The second kappa shape index (κ2) is 10.3. The molecule has 3 rings (SSSR count). The standard InChI is InChI=1S/C28H31ClN2O3/c1-17-14-24(15-18(2)25(17)29)34-19(3)26(32)30-22-8-7-9-23(16-22)31-27(33)20-10-12-21(13-11-20)28(4,5)6/h7-16,19H,1-6H3,(H,30,32)(H,31,33)/t19-/m1/s1. The van der Waals surface area contributed by atoms with Crippen molar-refractivity contribution in [1.82, 2.24) is 0 Å². The maximum absolute atomic E-state index is 12.7. The van der Waals surface area contributed by atoms with Crippen molar-refractivity contribution in [3.8, 4) is 5.75 Å². The normalized spacial score (nSPS) is 12.1. The lowest BCUT2D eigenvalue weighted by molar-refractivity contribution is -0.122. The maximum atomic E-state index is 12.7. The van der Waals surface area contributed by atoms with Gasteiger partial charge in [0.15, 0.2) is 6.10 Å². The Morgan fingerprint density at radius 3 is 2.00 bits per heavy atom. The molecule has 0 aliphatic heterocycles. The first-order valence-corrected chi connectivity index (χ1v) is 11.6. The fourth-order valence-corrected chi connectivity index (χ4v) is 3.58. The van der Waals surface area contributed by atoms with E-state index in [-0.39, 0.29) is 17.2 Å². The molecule has 1 atom stereocenters. The van der Waals surface area contributed by atoms with Crippen molar-refractivity contribution in [2.45, 2.75) is 53.1 Å². The van der Waals surface area contributed by atoms with Crippen LogP contribution >= 0.6 is 11.6 Å². The van der Waals surface area contributed by atoms with Crippen LogP contribution in [0.25, 0.3) is 0 Å². The van der Waals surface area contributed by atoms with Crippen LogP contribution in [-0.4, -0.2) is 17.9 Å². The quantitative estimate of drug-likeness (QED) is 0.404. The largest absolute Gasteiger partial charge is 0.481 e. The number of rotatable bonds is 6. The summed E-state index contributed by atoms with van der Waals surface area (Å²) < 4.78 is 5.81. The molecule has 2 amide bonds. The molecule has 0 aromatic heterocycles. The van der Waals surface area contributed by atoms with Gasteiger partial charge < -0.3 is 15.4 Å². The van der Waals surface area contributed by atoms with E-state index in [1.165, 1.54) is 0 Å². The van der Waals surface area contributed by atoms with E-state index in [0.29, 0.717) is 27.7 Å². The van der Waals surface area contributed by atoms with Gasteiger partial charge in [0.2, 0.25) is 0 Å². The van der Waals surface area contributed by atoms with Gasteiger partial charge >= 0.3 is 0 Å². The van der Waals surface area contributed by atoms with E-state index in [1.807, 2.05) is 50.2 Å². The van der Waals surface area contributed by atoms with Crippen LogP contribution in [0.1, 0.15) is 54.7 Å². The number of aryl methyl sites for hydroxylation is 2. The third-order valence-corrected chi connectivity index (χ3v) is 6.09. The molecule has 0 spiro atoms. The van der Waals surface area contributed by atoms with Crippen molar-refractivity contribution in [3.05, 3.63) is 87.9 Å². The molecule has 0 radical (unpaired) electrons. The Labute approximate surface area is 206 Å². The zero-order valence-corrected chi connectivity index (χ0v) is 21.2. The van der Waals surface area contributed by atoms with Gasteiger partial charge in [0.25, 0.3) is 11.8 Å². The number of amides is 2. The Balaban J connectivity index is 1.63. The molecule has 0 saturated heterocycles. The summed E-state index contributed by atoms with van der Waals surface area (Å²) in [6, 6.07) is 18.2. The second-order valence-electron chi connectivity index (χ2n) is 9.48. The van der Waals surface area contributed by atoms with Crippen LogP contribution in [0.3, 0.4) is 0 Å². The monoisotopic (exact) mass is 478 g/mol. The number of anilines is 2. The minimum Gasteiger partial charge on any atom is -0.481 e. The number of halogens is 1. The summed E-state index contributed by atoms with van der Waals surface area (Å²) in [6.07, 6.45) is -0.723. The third-order valence-electron chi connectivity index (χ3n) is 5.49. The first-order chi connectivity index (χ1) is 15.9. The smallest absolute Gasteiger partial charge is 0.265 e. The van der Waals surface area contributed by atoms with Crippen LogP contribution in [0, 0.1) is 13.8 Å². The van der Waals surface area contributed by atoms with Gasteiger partial charge in [0.05, 0.1) is 0 Å². The topological polar surface area (TPSA) is 67.4 Å². The van der Waals surface area contributed by atoms with Crippen molar-refractivity contribution in [2.75, 3.05) is 10.6 Å². The Morgan fingerprint density at radius 2 is 1.44 bits per heavy atom. The highest BCUT2D eigenvalue weighted by Gasteiger charge is 2.17. The summed E-state index contributed by atoms with van der Waals surface area (Å²) >= 11 is 6.21. The molecule has 0 aliphatic rings. The highest BCUT2D eigenvalue weighted by Crippen LogP contribution is 2.27. The highest BCUT2D eigenvalue weighted by molar-refractivity contribution is 6.32. The zero-order valence-electron chi connectivity index (χ0n) is 20.5. The lowest BCUT2D eigenvalue weighted by atomic mass is 9.87. The molecule has 0 saturated carbocycles. The van der Waals surface area contributed by atoms with Crippen LogP contribution in [0.15, 0.2) is 60.7 Å². The van der Waals surface area contributed by atoms with Gasteiger partial charge in [-0.3, -0.25) is 9.59 Å². The summed E-state index contributed by atoms with van der Waals surface area (Å²) in [7, 11) is 0. The number of benzene rings is 3. The van der Waals surface area contributed by atoms with Gasteiger partial charge in [0.1, 0.15) is 5.75 Å². The molecule has 6 heteroatoms. The van der Waals surface area contributed by atoms with Gasteiger partial charge in [0, 0.05) is 22.0 Å². The molecule has 0 bridgehead atoms. The average Bonchev–Trinajstić information content (AvgIpc) is 2.77. The summed E-state index contributed by atoms with van der Waals surface area (Å²) in [4.78, 5) is 25.3. The first kappa shape index (κ1) is 25.3. The number of nitrogens with one attached hydrogen (secondary N) is 2. The fraction of sp³-hybridized carbons (Fsp3) is 0.286. The maximum Gasteiger partial charge on any atom is 0.265 e. The molecule has 178 valence electrons. The van der Waals surface area contributed by atoms with Crippen LogP contribution in [0.2, 0.25) is 5.02 Å². The molecule has 5 nitrogen and oxygen atoms in total. The highest BCUT2D eigenvalue weighted by atomic mass is 35.5. The SMILES string of the molecule is Cc1cc(O[C@H](C)C(=O)Nc2cccc(NC(=O)c3ccc(C(C)(C)C)cc3)c2)cc(C)c1Cl. The van der Waals surface area contributed by atoms with E-state index < -0.39 is 6.10 Å². The first-order valence-electron chi connectivity index (χ1n) is 11.2. The number of carbonyl (C=O) groups excluding carboxylic acids is 2. The number of ether oxygens (including phenoxy) is 1. The van der Waals surface area contributed by atoms with E-state index in [4.69, 9.17) is 16.3 Å². The van der Waals surface area contributed by atoms with Gasteiger partial charge in [-0.25, -0.2) is 0 Å². The summed E-state index contributed by atoms with van der Waals surface area (Å²) in [5, 5.41) is 6.41. The van der Waals surface area contributed by atoms with Gasteiger partial charge in [-0.2, -0.15) is 0 Å². The van der Waals surface area contributed by atoms with Crippen LogP contribution in [0.5, 0.6) is 5.75 Å². The molecule has 0 fully saturated rings. The Morgan fingerprint density at radius 1 is 0.882 bits per heavy atom. The zero-order chi connectivity index (χ0) is 25.0. The second-order valence-corrected chi connectivity index (χ2v) is 9.86. The molecule has 34 heavy (non-hydrogen) atoms. The lowest BCUT2D eigenvalue weighted by Gasteiger charge is -2.19. The van der Waals surface area contributed by atoms with Crippen molar-refractivity contribution in [2.24, 2.45) is 0 Å². The van der Waals surface area contributed by atoms with Crippen molar-refractivity contribution in [1.29, 1.82) is 0 Å². The molecular weight excluding hydrogens is 448 g/mol. The molecule has 0 aliphatic carbocycles. The molecular formula is C28H31ClN2O3. The minimum absolute atomic E-state index is 0.0214. The summed E-state index contributed by atoms with van der Waals surface area (Å²) in [5.74, 6) is 0.0705. The van der Waals surface area contributed by atoms with E-state index in [1.54, 1.807) is 31.2 Å². The molecule has 0 heterocycles. The predicted molar refractivity (Wildman–Crippen MR) is 139 cm³/mol. The molecule has 0 unspecified atom stereocenters. The number of hydrogen-bond acceptors (Lipinski definition) is 3. The van der Waals surface area contributed by atoms with E-state index in [9.17, 15) is 9.59 Å². The Kier molecular flexibility index (Phi) is 7.68. The van der Waals surface area contributed by atoms with E-state index in [0.717, 1.165) is 16.7 Å². The Bertz CT molecular complexity index is 1170. The summed E-state index contributed by atoms with van der Waals surface area (Å²) in [6.45, 7) is 11.9. The van der Waals surface area contributed by atoms with Crippen molar-refractivity contribution < 1.29 is 14.3 Å². The van der Waals surface area contributed by atoms with Crippen LogP contribution in [0.4, 0.5) is 11.4 Å². The van der Waals surface area contributed by atoms with E-state index in [2.05, 4.69) is 31.4 Å². The van der Waals surface area contributed by atoms with Crippen molar-refractivity contribution in [3.63, 3.8) is 0 Å². The average molecular weight is 479 g/mol. The van der Waals surface area contributed by atoms with Crippen molar-refractivity contribution >= 4 is 34.8 Å². The number of hydrogen-bond donors (Lipinski definition) is 2. The lowest BCUT2D eigenvalue weighted by Crippen LogP contribution is -2.30. The van der Waals surface area contributed by atoms with E-state index >= 15 is 0 Å². The van der Waals surface area contributed by atoms with Crippen LogP contribution in [-0.2, 0) is 10.2 Å². The minimum atomic E-state index is -0.723. The molecule has 3 aromatic carbocycles. The fourth-order valence-electron chi connectivity index (χ4n) is 3.48. The van der Waals surface area contributed by atoms with Gasteiger partial charge in [-0.1, -0.05) is 50.6 Å². The summed E-state index contributed by atoms with van der Waals surface area (Å²) in [5.41, 5.74) is 4.67.